The van der Waals surface area contributed by atoms with Crippen molar-refractivity contribution in [2.24, 2.45) is 11.8 Å². The minimum atomic E-state index is 0.386. The highest BCUT2D eigenvalue weighted by Gasteiger charge is 2.30. The van der Waals surface area contributed by atoms with E-state index in [0.29, 0.717) is 18.0 Å². The van der Waals surface area contributed by atoms with Gasteiger partial charge in [-0.15, -0.1) is 0 Å². The number of nitrogens with one attached hydrogen (secondary N) is 1. The van der Waals surface area contributed by atoms with Gasteiger partial charge in [0.1, 0.15) is 0 Å². The number of aromatic nitrogens is 1. The van der Waals surface area contributed by atoms with Crippen LogP contribution in [0.4, 0.5) is 0 Å². The summed E-state index contributed by atoms with van der Waals surface area (Å²) in [6, 6.07) is 7.18. The van der Waals surface area contributed by atoms with Gasteiger partial charge in [0.25, 0.3) is 0 Å². The Labute approximate surface area is 98.5 Å². The summed E-state index contributed by atoms with van der Waals surface area (Å²) in [4.78, 5) is 4.47. The topological polar surface area (TPSA) is 24.9 Å². The van der Waals surface area contributed by atoms with Crippen molar-refractivity contribution in [3.05, 3.63) is 30.1 Å². The van der Waals surface area contributed by atoms with Crippen molar-refractivity contribution in [2.75, 3.05) is 0 Å². The maximum atomic E-state index is 4.47. The second-order valence-electron chi connectivity index (χ2n) is 5.27. The van der Waals surface area contributed by atoms with Crippen LogP contribution in [0.15, 0.2) is 24.4 Å². The molecule has 1 aliphatic carbocycles. The lowest BCUT2D eigenvalue weighted by Gasteiger charge is -2.26. The van der Waals surface area contributed by atoms with Crippen LogP contribution in [0.5, 0.6) is 0 Å². The van der Waals surface area contributed by atoms with Crippen molar-refractivity contribution >= 4 is 0 Å². The highest BCUT2D eigenvalue weighted by molar-refractivity contribution is 5.10. The molecule has 2 heteroatoms. The summed E-state index contributed by atoms with van der Waals surface area (Å²) in [5.41, 5.74) is 1.17. The van der Waals surface area contributed by atoms with Crippen LogP contribution in [0, 0.1) is 11.8 Å². The minimum Gasteiger partial charge on any atom is -0.306 e. The fourth-order valence-electron chi connectivity index (χ4n) is 2.19. The Morgan fingerprint density at radius 2 is 2.00 bits per heavy atom. The van der Waals surface area contributed by atoms with E-state index in [2.05, 4.69) is 43.2 Å². The molecule has 1 aromatic rings. The van der Waals surface area contributed by atoms with E-state index >= 15 is 0 Å². The molecule has 1 aromatic heterocycles. The molecule has 1 heterocycles. The molecule has 0 amide bonds. The van der Waals surface area contributed by atoms with E-state index in [1.807, 2.05) is 12.3 Å². The van der Waals surface area contributed by atoms with Gasteiger partial charge in [-0.2, -0.15) is 0 Å². The van der Waals surface area contributed by atoms with Crippen molar-refractivity contribution < 1.29 is 0 Å². The molecule has 0 spiro atoms. The first-order chi connectivity index (χ1) is 7.68. The van der Waals surface area contributed by atoms with Crippen LogP contribution in [0.25, 0.3) is 0 Å². The standard InChI is InChI=1S/C14H22N2/c1-10(2)14(13-6-4-5-9-15-13)16-11(3)12-7-8-12/h4-6,9-12,14,16H,7-8H2,1-3H3. The average Bonchev–Trinajstić information content (AvgIpc) is 3.10. The Kier molecular flexibility index (Phi) is 3.59. The third-order valence-electron chi connectivity index (χ3n) is 3.44. The highest BCUT2D eigenvalue weighted by Crippen LogP contribution is 2.34. The molecule has 2 unspecified atom stereocenters. The van der Waals surface area contributed by atoms with Gasteiger partial charge in [0, 0.05) is 12.2 Å². The smallest absolute Gasteiger partial charge is 0.0575 e. The summed E-state index contributed by atoms with van der Waals surface area (Å²) in [6.45, 7) is 6.81. The van der Waals surface area contributed by atoms with Crippen molar-refractivity contribution in [3.63, 3.8) is 0 Å². The zero-order valence-corrected chi connectivity index (χ0v) is 10.5. The second-order valence-corrected chi connectivity index (χ2v) is 5.27. The summed E-state index contributed by atoms with van der Waals surface area (Å²) in [6.07, 6.45) is 4.66. The molecule has 1 aliphatic rings. The fourth-order valence-corrected chi connectivity index (χ4v) is 2.19. The lowest BCUT2D eigenvalue weighted by atomic mass is 9.98. The van der Waals surface area contributed by atoms with Crippen molar-refractivity contribution in [3.8, 4) is 0 Å². The Morgan fingerprint density at radius 1 is 1.25 bits per heavy atom. The summed E-state index contributed by atoms with van der Waals surface area (Å²) < 4.78 is 0. The van der Waals surface area contributed by atoms with Gasteiger partial charge in [0.2, 0.25) is 0 Å². The number of pyridine rings is 1. The first-order valence-electron chi connectivity index (χ1n) is 6.35. The van der Waals surface area contributed by atoms with Gasteiger partial charge in [-0.3, -0.25) is 4.98 Å². The SMILES string of the molecule is CC(C)C(NC(C)C1CC1)c1ccccn1. The van der Waals surface area contributed by atoms with Gasteiger partial charge in [-0.1, -0.05) is 19.9 Å². The molecule has 0 aliphatic heterocycles. The number of hydrogen-bond donors (Lipinski definition) is 1. The molecule has 0 bridgehead atoms. The second kappa shape index (κ2) is 4.96. The monoisotopic (exact) mass is 218 g/mol. The maximum absolute atomic E-state index is 4.47. The zero-order chi connectivity index (χ0) is 11.5. The van der Waals surface area contributed by atoms with E-state index < -0.39 is 0 Å². The molecule has 2 nitrogen and oxygen atoms in total. The molecule has 2 atom stereocenters. The van der Waals surface area contributed by atoms with Crippen molar-refractivity contribution in [1.29, 1.82) is 0 Å². The molecular weight excluding hydrogens is 196 g/mol. The molecular formula is C14H22N2. The van der Waals surface area contributed by atoms with Crippen LogP contribution in [-0.2, 0) is 0 Å². The van der Waals surface area contributed by atoms with Gasteiger partial charge in [-0.05, 0) is 43.7 Å². The van der Waals surface area contributed by atoms with Crippen molar-refractivity contribution in [2.45, 2.75) is 45.7 Å². The third-order valence-corrected chi connectivity index (χ3v) is 3.44. The first-order valence-corrected chi connectivity index (χ1v) is 6.35. The molecule has 1 N–H and O–H groups in total. The van der Waals surface area contributed by atoms with Gasteiger partial charge in [0.15, 0.2) is 0 Å². The Balaban J connectivity index is 2.05. The Bertz CT molecular complexity index is 317. The lowest BCUT2D eigenvalue weighted by Crippen LogP contribution is -2.35. The summed E-state index contributed by atoms with van der Waals surface area (Å²) >= 11 is 0. The van der Waals surface area contributed by atoms with Gasteiger partial charge in [-0.25, -0.2) is 0 Å². The number of nitrogens with zero attached hydrogens (tertiary/aromatic N) is 1. The largest absolute Gasteiger partial charge is 0.306 e. The Hall–Kier alpha value is -0.890. The average molecular weight is 218 g/mol. The molecule has 16 heavy (non-hydrogen) atoms. The van der Waals surface area contributed by atoms with E-state index in [1.54, 1.807) is 0 Å². The van der Waals surface area contributed by atoms with Gasteiger partial charge >= 0.3 is 0 Å². The fraction of sp³-hybridized carbons (Fsp3) is 0.643. The van der Waals surface area contributed by atoms with Gasteiger partial charge < -0.3 is 5.32 Å². The number of hydrogen-bond acceptors (Lipinski definition) is 2. The van der Waals surface area contributed by atoms with Crippen LogP contribution in [0.1, 0.15) is 45.3 Å². The third kappa shape index (κ3) is 2.82. The molecule has 0 radical (unpaired) electrons. The summed E-state index contributed by atoms with van der Waals surface area (Å²) in [5, 5.41) is 3.73. The molecule has 0 aromatic carbocycles. The van der Waals surface area contributed by atoms with Crippen LogP contribution in [0.3, 0.4) is 0 Å². The predicted octanol–water partition coefficient (Wildman–Crippen LogP) is 3.17. The van der Waals surface area contributed by atoms with E-state index in [1.165, 1.54) is 18.5 Å². The van der Waals surface area contributed by atoms with E-state index in [0.717, 1.165) is 5.92 Å². The maximum Gasteiger partial charge on any atom is 0.0575 e. The molecule has 2 rings (SSSR count). The minimum absolute atomic E-state index is 0.386. The van der Waals surface area contributed by atoms with Crippen molar-refractivity contribution in [1.82, 2.24) is 10.3 Å². The van der Waals surface area contributed by atoms with E-state index in [-0.39, 0.29) is 0 Å². The van der Waals surface area contributed by atoms with Crippen LogP contribution in [-0.4, -0.2) is 11.0 Å². The van der Waals surface area contributed by atoms with Crippen LogP contribution >= 0.6 is 0 Å². The molecule has 88 valence electrons. The summed E-state index contributed by atoms with van der Waals surface area (Å²) in [7, 11) is 0. The van der Waals surface area contributed by atoms with Crippen LogP contribution in [0.2, 0.25) is 0 Å². The van der Waals surface area contributed by atoms with E-state index in [4.69, 9.17) is 0 Å². The lowest BCUT2D eigenvalue weighted by molar-refractivity contribution is 0.345. The molecule has 1 saturated carbocycles. The summed E-state index contributed by atoms with van der Waals surface area (Å²) in [5.74, 6) is 1.47. The molecule has 0 saturated heterocycles. The Morgan fingerprint density at radius 3 is 2.50 bits per heavy atom. The normalized spacial score (nSPS) is 19.8. The van der Waals surface area contributed by atoms with E-state index in [9.17, 15) is 0 Å². The predicted molar refractivity (Wildman–Crippen MR) is 67.1 cm³/mol. The highest BCUT2D eigenvalue weighted by atomic mass is 15.0. The number of rotatable bonds is 5. The molecule has 1 fully saturated rings. The quantitative estimate of drug-likeness (QED) is 0.821. The zero-order valence-electron chi connectivity index (χ0n) is 10.5. The van der Waals surface area contributed by atoms with Crippen LogP contribution < -0.4 is 5.32 Å². The first kappa shape index (κ1) is 11.6. The van der Waals surface area contributed by atoms with Gasteiger partial charge in [0.05, 0.1) is 11.7 Å².